The molecule has 0 aliphatic rings. The Hall–Kier alpha value is -3.64. The number of amides is 1. The molecule has 6 heteroatoms. The molecule has 1 atom stereocenters. The van der Waals surface area contributed by atoms with Crippen LogP contribution < -0.4 is 9.64 Å². The van der Waals surface area contributed by atoms with E-state index < -0.39 is 0 Å². The maximum absolute atomic E-state index is 14.1. The summed E-state index contributed by atoms with van der Waals surface area (Å²) in [6, 6.07) is 22.2. The van der Waals surface area contributed by atoms with Crippen molar-refractivity contribution in [3.8, 4) is 5.75 Å². The molecule has 39 heavy (non-hydrogen) atoms. The van der Waals surface area contributed by atoms with Crippen molar-refractivity contribution in [3.63, 3.8) is 0 Å². The zero-order chi connectivity index (χ0) is 28.2. The fourth-order valence-corrected chi connectivity index (χ4v) is 5.08. The van der Waals surface area contributed by atoms with Crippen molar-refractivity contribution in [1.82, 2.24) is 9.55 Å². The van der Waals surface area contributed by atoms with E-state index in [1.807, 2.05) is 58.9 Å². The summed E-state index contributed by atoms with van der Waals surface area (Å²) >= 11 is 0. The van der Waals surface area contributed by atoms with E-state index in [0.29, 0.717) is 12.4 Å². The quantitative estimate of drug-likeness (QED) is 0.226. The second-order valence-corrected chi connectivity index (χ2v) is 11.2. The summed E-state index contributed by atoms with van der Waals surface area (Å²) in [6.07, 6.45) is 0.835. The Morgan fingerprint density at radius 3 is 2.41 bits per heavy atom. The average Bonchev–Trinajstić information content (AvgIpc) is 3.25. The summed E-state index contributed by atoms with van der Waals surface area (Å²) in [5.74, 6) is 1.47. The normalized spacial score (nSPS) is 12.5. The number of nitrogens with zero attached hydrogens (tertiary/aromatic N) is 3. The van der Waals surface area contributed by atoms with E-state index in [9.17, 15) is 4.79 Å². The number of aromatic nitrogens is 2. The number of ether oxygens (including phenoxy) is 2. The van der Waals surface area contributed by atoms with Gasteiger partial charge in [-0.1, -0.05) is 70.2 Å². The second-order valence-electron chi connectivity index (χ2n) is 11.2. The Morgan fingerprint density at radius 2 is 1.74 bits per heavy atom. The molecule has 0 aliphatic carbocycles. The lowest BCUT2D eigenvalue weighted by Gasteiger charge is -2.32. The van der Waals surface area contributed by atoms with Crippen LogP contribution in [0.2, 0.25) is 0 Å². The molecule has 1 amide bonds. The minimum Gasteiger partial charge on any atom is -0.486 e. The lowest BCUT2D eigenvalue weighted by atomic mass is 9.87. The van der Waals surface area contributed by atoms with Crippen molar-refractivity contribution in [2.75, 3.05) is 18.6 Å². The fraction of sp³-hybridized carbons (Fsp3) is 0.394. The smallest absolute Gasteiger partial charge is 0.247 e. The van der Waals surface area contributed by atoms with Gasteiger partial charge in [-0.25, -0.2) is 4.98 Å². The van der Waals surface area contributed by atoms with Gasteiger partial charge in [0.15, 0.2) is 0 Å². The summed E-state index contributed by atoms with van der Waals surface area (Å²) in [5, 5.41) is 0. The third kappa shape index (κ3) is 6.34. The number of hydrogen-bond donors (Lipinski definition) is 0. The van der Waals surface area contributed by atoms with Crippen molar-refractivity contribution < 1.29 is 14.3 Å². The fourth-order valence-electron chi connectivity index (χ4n) is 5.08. The van der Waals surface area contributed by atoms with E-state index in [1.54, 1.807) is 7.11 Å². The lowest BCUT2D eigenvalue weighted by molar-refractivity contribution is -0.119. The molecule has 0 fully saturated rings. The molecule has 0 saturated carbocycles. The van der Waals surface area contributed by atoms with Crippen molar-refractivity contribution in [1.29, 1.82) is 0 Å². The van der Waals surface area contributed by atoms with E-state index >= 15 is 0 Å². The van der Waals surface area contributed by atoms with Gasteiger partial charge in [0.2, 0.25) is 5.91 Å². The van der Waals surface area contributed by atoms with E-state index in [4.69, 9.17) is 14.5 Å². The molecular formula is C33H41N3O3. The Morgan fingerprint density at radius 1 is 1.03 bits per heavy atom. The average molecular weight is 528 g/mol. The number of rotatable bonds is 10. The molecule has 0 saturated heterocycles. The van der Waals surface area contributed by atoms with Crippen LogP contribution in [0.25, 0.3) is 11.0 Å². The Balaban J connectivity index is 1.66. The van der Waals surface area contributed by atoms with Gasteiger partial charge in [-0.2, -0.15) is 0 Å². The van der Waals surface area contributed by atoms with Gasteiger partial charge in [0.1, 0.15) is 24.7 Å². The number of para-hydroxylation sites is 3. The molecule has 0 N–H and O–H groups in total. The van der Waals surface area contributed by atoms with Gasteiger partial charge in [0.05, 0.1) is 29.4 Å². The zero-order valence-corrected chi connectivity index (χ0v) is 24.3. The highest BCUT2D eigenvalue weighted by Crippen LogP contribution is 2.29. The standard InChI is InChI=1S/C33H41N3O3/c1-8-25-13-11-12-23(2)32(25)36(24(3)21-38-7)31(37)20-35-29-15-10-9-14-28(29)34-30(35)22-39-27-18-16-26(17-19-27)33(4,5)6/h9-19,24H,8,20-22H2,1-7H3/t24-/m1/s1. The van der Waals surface area contributed by atoms with Crippen LogP contribution in [0.5, 0.6) is 5.75 Å². The molecule has 4 rings (SSSR count). The Bertz CT molecular complexity index is 1420. The first-order valence-corrected chi connectivity index (χ1v) is 13.7. The van der Waals surface area contributed by atoms with Crippen LogP contribution in [-0.4, -0.2) is 35.2 Å². The summed E-state index contributed by atoms with van der Waals surface area (Å²) in [7, 11) is 1.67. The third-order valence-corrected chi connectivity index (χ3v) is 7.18. The van der Waals surface area contributed by atoms with Crippen LogP contribution in [0.4, 0.5) is 5.69 Å². The molecule has 0 radical (unpaired) electrons. The van der Waals surface area contributed by atoms with Crippen LogP contribution in [0.3, 0.4) is 0 Å². The van der Waals surface area contributed by atoms with E-state index in [-0.39, 0.29) is 30.5 Å². The minimum absolute atomic E-state index is 0.0116. The molecule has 1 heterocycles. The van der Waals surface area contributed by atoms with Crippen molar-refractivity contribution in [2.24, 2.45) is 0 Å². The molecule has 4 aromatic rings. The molecule has 3 aromatic carbocycles. The number of hydrogen-bond acceptors (Lipinski definition) is 4. The zero-order valence-electron chi connectivity index (χ0n) is 24.3. The number of carbonyl (C=O) groups is 1. The topological polar surface area (TPSA) is 56.6 Å². The summed E-state index contributed by atoms with van der Waals surface area (Å²) in [4.78, 5) is 20.9. The first-order valence-electron chi connectivity index (χ1n) is 13.7. The first kappa shape index (κ1) is 28.4. The Labute approximate surface area is 232 Å². The highest BCUT2D eigenvalue weighted by molar-refractivity contribution is 5.96. The molecule has 0 bridgehead atoms. The second kappa shape index (κ2) is 12.0. The van der Waals surface area contributed by atoms with Crippen LogP contribution >= 0.6 is 0 Å². The van der Waals surface area contributed by atoms with Crippen molar-refractivity contribution in [3.05, 3.63) is 89.2 Å². The predicted octanol–water partition coefficient (Wildman–Crippen LogP) is 6.85. The van der Waals surface area contributed by atoms with Gasteiger partial charge in [-0.15, -0.1) is 0 Å². The SMILES string of the molecule is CCc1cccc(C)c1N(C(=O)Cn1c(COc2ccc(C(C)(C)C)cc2)nc2ccccc21)[C@H](C)COC. The minimum atomic E-state index is -0.135. The summed E-state index contributed by atoms with van der Waals surface area (Å²) < 4.78 is 13.6. The lowest BCUT2D eigenvalue weighted by Crippen LogP contribution is -2.44. The first-order chi connectivity index (χ1) is 18.6. The van der Waals surface area contributed by atoms with Gasteiger partial charge in [-0.3, -0.25) is 4.79 Å². The van der Waals surface area contributed by atoms with E-state index in [0.717, 1.165) is 40.0 Å². The maximum Gasteiger partial charge on any atom is 0.247 e. The molecule has 0 unspecified atom stereocenters. The van der Waals surface area contributed by atoms with Gasteiger partial charge in [0, 0.05) is 7.11 Å². The van der Waals surface area contributed by atoms with E-state index in [2.05, 4.69) is 58.9 Å². The maximum atomic E-state index is 14.1. The number of benzene rings is 3. The summed E-state index contributed by atoms with van der Waals surface area (Å²) in [5.41, 5.74) is 6.26. The number of fused-ring (bicyclic) bond motifs is 1. The molecular weight excluding hydrogens is 486 g/mol. The molecule has 1 aromatic heterocycles. The van der Waals surface area contributed by atoms with E-state index in [1.165, 1.54) is 5.56 Å². The predicted molar refractivity (Wildman–Crippen MR) is 159 cm³/mol. The molecule has 0 aliphatic heterocycles. The van der Waals surface area contributed by atoms with Crippen LogP contribution in [0, 0.1) is 6.92 Å². The molecule has 0 spiro atoms. The molecule has 206 valence electrons. The number of carbonyl (C=O) groups excluding carboxylic acids is 1. The van der Waals surface area contributed by atoms with Crippen LogP contribution in [-0.2, 0) is 34.5 Å². The van der Waals surface area contributed by atoms with Crippen molar-refractivity contribution in [2.45, 2.75) is 72.6 Å². The van der Waals surface area contributed by atoms with Gasteiger partial charge < -0.3 is 18.9 Å². The monoisotopic (exact) mass is 527 g/mol. The third-order valence-electron chi connectivity index (χ3n) is 7.18. The van der Waals surface area contributed by atoms with Gasteiger partial charge in [0.25, 0.3) is 0 Å². The van der Waals surface area contributed by atoms with Gasteiger partial charge in [-0.05, 0) is 66.6 Å². The highest BCUT2D eigenvalue weighted by Gasteiger charge is 2.27. The number of imidazole rings is 1. The highest BCUT2D eigenvalue weighted by atomic mass is 16.5. The van der Waals surface area contributed by atoms with Crippen molar-refractivity contribution >= 4 is 22.6 Å². The van der Waals surface area contributed by atoms with Crippen LogP contribution in [0.15, 0.2) is 66.7 Å². The summed E-state index contributed by atoms with van der Waals surface area (Å²) in [6.45, 7) is 13.6. The van der Waals surface area contributed by atoms with Crippen LogP contribution in [0.1, 0.15) is 57.1 Å². The number of anilines is 1. The largest absolute Gasteiger partial charge is 0.486 e. The van der Waals surface area contributed by atoms with Gasteiger partial charge >= 0.3 is 0 Å². The Kier molecular flexibility index (Phi) is 8.76. The molecule has 6 nitrogen and oxygen atoms in total. The number of aryl methyl sites for hydroxylation is 2. The number of methoxy groups -OCH3 is 1.